The van der Waals surface area contributed by atoms with Crippen molar-refractivity contribution >= 4 is 11.8 Å². The van der Waals surface area contributed by atoms with E-state index in [1.165, 1.54) is 0 Å². The number of hydrogen-bond acceptors (Lipinski definition) is 3. The summed E-state index contributed by atoms with van der Waals surface area (Å²) >= 11 is 0. The number of carbonyl (C=O) groups is 2. The molecule has 2 amide bonds. The van der Waals surface area contributed by atoms with Crippen LogP contribution in [0.3, 0.4) is 0 Å². The first kappa shape index (κ1) is 14.8. The van der Waals surface area contributed by atoms with Crippen LogP contribution in [0.2, 0.25) is 0 Å². The van der Waals surface area contributed by atoms with E-state index < -0.39 is 0 Å². The summed E-state index contributed by atoms with van der Waals surface area (Å²) in [4.78, 5) is 28.9. The highest BCUT2D eigenvalue weighted by Crippen LogP contribution is 2.23. The lowest BCUT2D eigenvalue weighted by Gasteiger charge is -2.36. The normalized spacial score (nSPS) is 28.4. The molecule has 3 fully saturated rings. The summed E-state index contributed by atoms with van der Waals surface area (Å²) in [5.41, 5.74) is 0. The summed E-state index contributed by atoms with van der Waals surface area (Å²) in [6.07, 6.45) is 6.49. The monoisotopic (exact) mass is 293 g/mol. The minimum Gasteiger partial charge on any atom is -0.353 e. The highest BCUT2D eigenvalue weighted by atomic mass is 16.2. The van der Waals surface area contributed by atoms with E-state index in [4.69, 9.17) is 0 Å². The van der Waals surface area contributed by atoms with Gasteiger partial charge in [-0.1, -0.05) is 0 Å². The number of piperidine rings is 1. The van der Waals surface area contributed by atoms with Gasteiger partial charge in [0, 0.05) is 25.7 Å². The van der Waals surface area contributed by atoms with E-state index in [0.29, 0.717) is 6.04 Å². The average molecular weight is 293 g/mol. The molecule has 1 aliphatic carbocycles. The van der Waals surface area contributed by atoms with E-state index >= 15 is 0 Å². The minimum atomic E-state index is -0.0837. The zero-order valence-electron chi connectivity index (χ0n) is 13.0. The van der Waals surface area contributed by atoms with Gasteiger partial charge in [-0.25, -0.2) is 0 Å². The Morgan fingerprint density at radius 2 is 1.76 bits per heavy atom. The lowest BCUT2D eigenvalue weighted by atomic mass is 9.95. The van der Waals surface area contributed by atoms with E-state index in [1.54, 1.807) is 0 Å². The number of nitrogens with zero attached hydrogens (tertiary/aromatic N) is 2. The second-order valence-corrected chi connectivity index (χ2v) is 6.83. The summed E-state index contributed by atoms with van der Waals surface area (Å²) < 4.78 is 0. The second kappa shape index (κ2) is 6.34. The van der Waals surface area contributed by atoms with Crippen LogP contribution in [0, 0.1) is 5.92 Å². The number of carbonyl (C=O) groups excluding carboxylic acids is 2. The van der Waals surface area contributed by atoms with Gasteiger partial charge in [0.2, 0.25) is 11.8 Å². The van der Waals surface area contributed by atoms with Crippen LogP contribution in [0.15, 0.2) is 0 Å². The van der Waals surface area contributed by atoms with Crippen LogP contribution in [-0.4, -0.2) is 59.9 Å². The third kappa shape index (κ3) is 3.57. The van der Waals surface area contributed by atoms with Crippen LogP contribution in [0.4, 0.5) is 0 Å². The molecule has 0 radical (unpaired) electrons. The fraction of sp³-hybridized carbons (Fsp3) is 0.875. The Hall–Kier alpha value is -1.10. The summed E-state index contributed by atoms with van der Waals surface area (Å²) in [6.45, 7) is 5.49. The first-order chi connectivity index (χ1) is 10.1. The van der Waals surface area contributed by atoms with Crippen molar-refractivity contribution in [1.29, 1.82) is 0 Å². The van der Waals surface area contributed by atoms with E-state index in [0.717, 1.165) is 64.7 Å². The van der Waals surface area contributed by atoms with Crippen molar-refractivity contribution in [3.8, 4) is 0 Å². The third-order valence-electron chi connectivity index (χ3n) is 5.07. The Labute approximate surface area is 127 Å². The molecule has 0 unspecified atom stereocenters. The van der Waals surface area contributed by atoms with Gasteiger partial charge in [-0.05, 0) is 52.0 Å². The summed E-state index contributed by atoms with van der Waals surface area (Å²) in [6, 6.07) is 0.344. The highest BCUT2D eigenvalue weighted by molar-refractivity contribution is 5.82. The maximum absolute atomic E-state index is 12.5. The number of amides is 2. The Morgan fingerprint density at radius 3 is 2.43 bits per heavy atom. The summed E-state index contributed by atoms with van der Waals surface area (Å²) in [5, 5.41) is 3.11. The van der Waals surface area contributed by atoms with Crippen molar-refractivity contribution in [2.24, 2.45) is 5.92 Å². The highest BCUT2D eigenvalue weighted by Gasteiger charge is 2.34. The van der Waals surface area contributed by atoms with Crippen LogP contribution >= 0.6 is 0 Å². The van der Waals surface area contributed by atoms with Gasteiger partial charge in [0.15, 0.2) is 0 Å². The molecular weight excluding hydrogens is 266 g/mol. The average Bonchev–Trinajstić information content (AvgIpc) is 3.15. The van der Waals surface area contributed by atoms with E-state index in [1.807, 2.05) is 11.8 Å². The molecule has 0 aromatic rings. The molecular formula is C16H27N3O2. The molecule has 2 aliphatic heterocycles. The van der Waals surface area contributed by atoms with Crippen molar-refractivity contribution in [3.63, 3.8) is 0 Å². The molecule has 0 aromatic heterocycles. The van der Waals surface area contributed by atoms with Crippen LogP contribution < -0.4 is 5.32 Å². The molecule has 3 aliphatic rings. The molecule has 2 heterocycles. The molecule has 5 heteroatoms. The summed E-state index contributed by atoms with van der Waals surface area (Å²) in [5.74, 6) is 0.506. The molecule has 5 nitrogen and oxygen atoms in total. The second-order valence-electron chi connectivity index (χ2n) is 6.83. The first-order valence-corrected chi connectivity index (χ1v) is 8.48. The first-order valence-electron chi connectivity index (χ1n) is 8.48. The number of likely N-dealkylation sites (tertiary alicyclic amines) is 2. The van der Waals surface area contributed by atoms with Gasteiger partial charge < -0.3 is 10.2 Å². The fourth-order valence-electron chi connectivity index (χ4n) is 3.48. The Morgan fingerprint density at radius 1 is 1.05 bits per heavy atom. The van der Waals surface area contributed by atoms with Crippen molar-refractivity contribution in [3.05, 3.63) is 0 Å². The van der Waals surface area contributed by atoms with Gasteiger partial charge in [0.25, 0.3) is 0 Å². The zero-order valence-corrected chi connectivity index (χ0v) is 13.0. The predicted molar refractivity (Wildman–Crippen MR) is 80.7 cm³/mol. The maximum atomic E-state index is 12.5. The van der Waals surface area contributed by atoms with Crippen molar-refractivity contribution in [1.82, 2.24) is 15.1 Å². The van der Waals surface area contributed by atoms with Gasteiger partial charge >= 0.3 is 0 Å². The van der Waals surface area contributed by atoms with E-state index in [9.17, 15) is 9.59 Å². The zero-order chi connectivity index (χ0) is 14.8. The Kier molecular flexibility index (Phi) is 4.48. The van der Waals surface area contributed by atoms with Gasteiger partial charge in [-0.15, -0.1) is 0 Å². The van der Waals surface area contributed by atoms with Crippen LogP contribution in [0.1, 0.15) is 45.4 Å². The third-order valence-corrected chi connectivity index (χ3v) is 5.07. The number of rotatable bonds is 4. The molecule has 2 saturated heterocycles. The topological polar surface area (TPSA) is 52.7 Å². The van der Waals surface area contributed by atoms with Gasteiger partial charge in [0.05, 0.1) is 12.0 Å². The Balaban J connectivity index is 1.54. The van der Waals surface area contributed by atoms with E-state index in [2.05, 4.69) is 10.2 Å². The predicted octanol–water partition coefficient (Wildman–Crippen LogP) is 0.988. The van der Waals surface area contributed by atoms with Crippen LogP contribution in [0.5, 0.6) is 0 Å². The van der Waals surface area contributed by atoms with Gasteiger partial charge in [-0.3, -0.25) is 14.5 Å². The molecule has 0 spiro atoms. The minimum absolute atomic E-state index is 0.0631. The molecule has 2 atom stereocenters. The molecule has 118 valence electrons. The molecule has 1 saturated carbocycles. The molecule has 0 aromatic carbocycles. The fourth-order valence-corrected chi connectivity index (χ4v) is 3.48. The van der Waals surface area contributed by atoms with Crippen molar-refractivity contribution in [2.45, 2.75) is 57.5 Å². The number of hydrogen-bond donors (Lipinski definition) is 1. The van der Waals surface area contributed by atoms with Gasteiger partial charge in [0.1, 0.15) is 0 Å². The lowest BCUT2D eigenvalue weighted by molar-refractivity contribution is -0.137. The molecule has 0 bridgehead atoms. The molecule has 21 heavy (non-hydrogen) atoms. The van der Waals surface area contributed by atoms with Crippen molar-refractivity contribution < 1.29 is 9.59 Å². The maximum Gasteiger partial charge on any atom is 0.239 e. The lowest BCUT2D eigenvalue weighted by Crippen LogP contribution is -2.52. The molecule has 1 N–H and O–H groups in total. The SMILES string of the molecule is C[C@H](C(=O)N1CCCC1)N1CCC[C@@H](C(=O)NC2CC2)C1. The summed E-state index contributed by atoms with van der Waals surface area (Å²) in [7, 11) is 0. The van der Waals surface area contributed by atoms with Crippen molar-refractivity contribution in [2.75, 3.05) is 26.2 Å². The number of nitrogens with one attached hydrogen (secondary N) is 1. The standard InChI is InChI=1S/C16H27N3O2/c1-12(16(21)18-8-2-3-9-18)19-10-4-5-13(11-19)15(20)17-14-6-7-14/h12-14H,2-11H2,1H3,(H,17,20)/t12-,13-/m1/s1. The molecule has 3 rings (SSSR count). The largest absolute Gasteiger partial charge is 0.353 e. The quantitative estimate of drug-likeness (QED) is 0.841. The smallest absolute Gasteiger partial charge is 0.239 e. The Bertz CT molecular complexity index is 402. The van der Waals surface area contributed by atoms with E-state index in [-0.39, 0.29) is 23.8 Å². The van der Waals surface area contributed by atoms with Gasteiger partial charge in [-0.2, -0.15) is 0 Å². The van der Waals surface area contributed by atoms with Crippen LogP contribution in [-0.2, 0) is 9.59 Å². The van der Waals surface area contributed by atoms with Crippen LogP contribution in [0.25, 0.3) is 0 Å².